The van der Waals surface area contributed by atoms with Crippen LogP contribution in [0.1, 0.15) is 6.42 Å². The van der Waals surface area contributed by atoms with Crippen molar-refractivity contribution in [1.82, 2.24) is 14.7 Å². The lowest BCUT2D eigenvalue weighted by molar-refractivity contribution is 0.0881. The minimum atomic E-state index is 0.704. The van der Waals surface area contributed by atoms with Crippen molar-refractivity contribution in [2.45, 2.75) is 12.5 Å². The lowest BCUT2D eigenvalue weighted by atomic mass is 10.1. The molecule has 2 aliphatic rings. The maximum absolute atomic E-state index is 5.73. The molecule has 0 bridgehead atoms. The summed E-state index contributed by atoms with van der Waals surface area (Å²) in [5, 5.41) is 0. The highest BCUT2D eigenvalue weighted by Gasteiger charge is 2.27. The van der Waals surface area contributed by atoms with E-state index in [2.05, 4.69) is 28.8 Å². The number of hydrogen-bond acceptors (Lipinski definition) is 4. The van der Waals surface area contributed by atoms with Gasteiger partial charge in [-0.3, -0.25) is 4.90 Å². The van der Waals surface area contributed by atoms with Crippen LogP contribution in [-0.4, -0.2) is 80.7 Å². The predicted molar refractivity (Wildman–Crippen MR) is 67.5 cm³/mol. The molecule has 0 spiro atoms. The second-order valence-corrected chi connectivity index (χ2v) is 5.55. The Balaban J connectivity index is 1.80. The molecule has 2 atom stereocenters. The van der Waals surface area contributed by atoms with E-state index in [4.69, 9.17) is 5.73 Å². The first kappa shape index (κ1) is 12.3. The molecule has 4 nitrogen and oxygen atoms in total. The van der Waals surface area contributed by atoms with Gasteiger partial charge < -0.3 is 15.5 Å². The molecule has 0 aromatic rings. The van der Waals surface area contributed by atoms with Crippen LogP contribution in [-0.2, 0) is 0 Å². The third-order valence-electron chi connectivity index (χ3n) is 4.15. The maximum atomic E-state index is 5.73. The topological polar surface area (TPSA) is 35.7 Å². The number of likely N-dealkylation sites (tertiary alicyclic amines) is 1. The summed E-state index contributed by atoms with van der Waals surface area (Å²) < 4.78 is 0. The van der Waals surface area contributed by atoms with Crippen molar-refractivity contribution in [3.63, 3.8) is 0 Å². The largest absolute Gasteiger partial charge is 0.330 e. The van der Waals surface area contributed by atoms with Crippen LogP contribution in [0.2, 0.25) is 0 Å². The van der Waals surface area contributed by atoms with Gasteiger partial charge in [-0.25, -0.2) is 0 Å². The fraction of sp³-hybridized carbons (Fsp3) is 1.00. The summed E-state index contributed by atoms with van der Waals surface area (Å²) in [4.78, 5) is 7.55. The van der Waals surface area contributed by atoms with E-state index in [1.54, 1.807) is 0 Å². The Morgan fingerprint density at radius 3 is 2.62 bits per heavy atom. The Kier molecular flexibility index (Phi) is 4.19. The lowest BCUT2D eigenvalue weighted by Gasteiger charge is -2.39. The highest BCUT2D eigenvalue weighted by Crippen LogP contribution is 2.17. The molecule has 0 radical (unpaired) electrons. The van der Waals surface area contributed by atoms with Crippen LogP contribution in [0.3, 0.4) is 0 Å². The zero-order valence-corrected chi connectivity index (χ0v) is 10.7. The van der Waals surface area contributed by atoms with Gasteiger partial charge in [0.2, 0.25) is 0 Å². The average Bonchev–Trinajstić information content (AvgIpc) is 2.71. The summed E-state index contributed by atoms with van der Waals surface area (Å²) in [5.74, 6) is 0.742. The maximum Gasteiger partial charge on any atom is 0.0347 e. The van der Waals surface area contributed by atoms with Crippen LogP contribution >= 0.6 is 0 Å². The molecule has 0 aliphatic carbocycles. The zero-order valence-electron chi connectivity index (χ0n) is 10.7. The van der Waals surface area contributed by atoms with Gasteiger partial charge in [-0.1, -0.05) is 0 Å². The molecule has 2 rings (SSSR count). The molecule has 2 heterocycles. The van der Waals surface area contributed by atoms with E-state index in [0.29, 0.717) is 6.04 Å². The summed E-state index contributed by atoms with van der Waals surface area (Å²) in [6.45, 7) is 8.16. The van der Waals surface area contributed by atoms with Gasteiger partial charge in [0.25, 0.3) is 0 Å². The van der Waals surface area contributed by atoms with Crippen LogP contribution in [0.4, 0.5) is 0 Å². The minimum Gasteiger partial charge on any atom is -0.330 e. The monoisotopic (exact) mass is 226 g/mol. The van der Waals surface area contributed by atoms with Gasteiger partial charge in [-0.2, -0.15) is 0 Å². The molecule has 4 heteroatoms. The van der Waals surface area contributed by atoms with E-state index in [1.807, 2.05) is 0 Å². The second-order valence-electron chi connectivity index (χ2n) is 5.55. The fourth-order valence-corrected chi connectivity index (χ4v) is 2.87. The van der Waals surface area contributed by atoms with Crippen molar-refractivity contribution in [2.75, 3.05) is 59.9 Å². The van der Waals surface area contributed by atoms with Gasteiger partial charge in [0.15, 0.2) is 0 Å². The van der Waals surface area contributed by atoms with Crippen LogP contribution in [0.5, 0.6) is 0 Å². The first-order chi connectivity index (χ1) is 7.69. The summed E-state index contributed by atoms with van der Waals surface area (Å²) >= 11 is 0. The van der Waals surface area contributed by atoms with Crippen molar-refractivity contribution >= 4 is 0 Å². The normalized spacial score (nSPS) is 34.7. The predicted octanol–water partition coefficient (Wildman–Crippen LogP) is -0.487. The minimum absolute atomic E-state index is 0.704. The molecule has 2 N–H and O–H groups in total. The van der Waals surface area contributed by atoms with Crippen LogP contribution in [0.25, 0.3) is 0 Å². The van der Waals surface area contributed by atoms with Crippen LogP contribution in [0.15, 0.2) is 0 Å². The third kappa shape index (κ3) is 2.94. The summed E-state index contributed by atoms with van der Waals surface area (Å²) in [5.41, 5.74) is 5.73. The molecule has 2 fully saturated rings. The molecular weight excluding hydrogens is 200 g/mol. The van der Waals surface area contributed by atoms with E-state index in [1.165, 1.54) is 45.7 Å². The number of likely N-dealkylation sites (N-methyl/N-ethyl adjacent to an activating group) is 2. The van der Waals surface area contributed by atoms with E-state index in [9.17, 15) is 0 Å². The Labute approximate surface area is 99.4 Å². The molecular formula is C12H26N4. The van der Waals surface area contributed by atoms with Crippen LogP contribution in [0, 0.1) is 5.92 Å². The summed E-state index contributed by atoms with van der Waals surface area (Å²) in [6, 6.07) is 0.704. The van der Waals surface area contributed by atoms with E-state index in [0.717, 1.165) is 12.5 Å². The van der Waals surface area contributed by atoms with Gasteiger partial charge >= 0.3 is 0 Å². The second kappa shape index (κ2) is 5.45. The Hall–Kier alpha value is -0.160. The molecule has 94 valence electrons. The van der Waals surface area contributed by atoms with Crippen molar-refractivity contribution < 1.29 is 0 Å². The molecule has 0 amide bonds. The lowest BCUT2D eigenvalue weighted by Crippen LogP contribution is -2.54. The average molecular weight is 226 g/mol. The van der Waals surface area contributed by atoms with Gasteiger partial charge in [-0.05, 0) is 39.5 Å². The van der Waals surface area contributed by atoms with E-state index in [-0.39, 0.29) is 0 Å². The molecule has 2 unspecified atom stereocenters. The molecule has 16 heavy (non-hydrogen) atoms. The SMILES string of the molecule is CN1CCN(C)C(CN2CCC(CN)C2)C1. The highest BCUT2D eigenvalue weighted by molar-refractivity contribution is 4.85. The van der Waals surface area contributed by atoms with Gasteiger partial charge in [0.05, 0.1) is 0 Å². The fourth-order valence-electron chi connectivity index (χ4n) is 2.87. The van der Waals surface area contributed by atoms with Gasteiger partial charge in [-0.15, -0.1) is 0 Å². The number of hydrogen-bond donors (Lipinski definition) is 1. The number of nitrogens with two attached hydrogens (primary N) is 1. The van der Waals surface area contributed by atoms with E-state index < -0.39 is 0 Å². The van der Waals surface area contributed by atoms with Crippen molar-refractivity contribution in [3.05, 3.63) is 0 Å². The molecule has 2 saturated heterocycles. The molecule has 0 aromatic carbocycles. The van der Waals surface area contributed by atoms with Crippen molar-refractivity contribution in [2.24, 2.45) is 11.7 Å². The molecule has 0 saturated carbocycles. The van der Waals surface area contributed by atoms with Crippen molar-refractivity contribution in [1.29, 1.82) is 0 Å². The van der Waals surface area contributed by atoms with E-state index >= 15 is 0 Å². The zero-order chi connectivity index (χ0) is 11.5. The first-order valence-corrected chi connectivity index (χ1v) is 6.50. The Bertz CT molecular complexity index is 221. The quantitative estimate of drug-likeness (QED) is 0.705. The van der Waals surface area contributed by atoms with Crippen molar-refractivity contribution in [3.8, 4) is 0 Å². The Morgan fingerprint density at radius 2 is 1.94 bits per heavy atom. The molecule has 2 aliphatic heterocycles. The first-order valence-electron chi connectivity index (χ1n) is 6.50. The molecule has 0 aromatic heterocycles. The number of piperazine rings is 1. The summed E-state index contributed by atoms with van der Waals surface area (Å²) in [7, 11) is 4.49. The third-order valence-corrected chi connectivity index (χ3v) is 4.15. The summed E-state index contributed by atoms with van der Waals surface area (Å²) in [6.07, 6.45) is 1.29. The standard InChI is InChI=1S/C12H26N4/c1-14-5-6-15(2)12(9-14)10-16-4-3-11(7-13)8-16/h11-12H,3-10,13H2,1-2H3. The number of rotatable bonds is 3. The highest BCUT2D eigenvalue weighted by atomic mass is 15.3. The smallest absolute Gasteiger partial charge is 0.0347 e. The van der Waals surface area contributed by atoms with Gasteiger partial charge in [0.1, 0.15) is 0 Å². The number of nitrogens with zero attached hydrogens (tertiary/aromatic N) is 3. The Morgan fingerprint density at radius 1 is 1.12 bits per heavy atom. The van der Waals surface area contributed by atoms with Gasteiger partial charge in [0, 0.05) is 38.8 Å². The van der Waals surface area contributed by atoms with Crippen LogP contribution < -0.4 is 5.73 Å².